The Morgan fingerprint density at radius 3 is 2.86 bits per heavy atom. The lowest BCUT2D eigenvalue weighted by atomic mass is 9.93. The molecule has 3 rings (SSSR count). The van der Waals surface area contributed by atoms with Crippen molar-refractivity contribution >= 4 is 11.4 Å². The normalized spacial score (nSPS) is 16.3. The van der Waals surface area contributed by atoms with E-state index in [4.69, 9.17) is 15.7 Å². The largest absolute Gasteiger partial charge is 0.493 e. The maximum absolute atomic E-state index is 9.03. The van der Waals surface area contributed by atoms with Gasteiger partial charge in [-0.15, -0.1) is 0 Å². The van der Waals surface area contributed by atoms with Crippen LogP contribution < -0.4 is 15.4 Å². The summed E-state index contributed by atoms with van der Waals surface area (Å²) < 4.78 is 5.79. The Bertz CT molecular complexity index is 721. The fourth-order valence-corrected chi connectivity index (χ4v) is 2.84. The minimum Gasteiger partial charge on any atom is -0.493 e. The van der Waals surface area contributed by atoms with Gasteiger partial charge >= 0.3 is 0 Å². The van der Waals surface area contributed by atoms with E-state index in [2.05, 4.69) is 29.2 Å². The fourth-order valence-electron chi connectivity index (χ4n) is 2.84. The second-order valence-electron chi connectivity index (χ2n) is 5.51. The van der Waals surface area contributed by atoms with Gasteiger partial charge < -0.3 is 15.4 Å². The molecule has 0 aliphatic carbocycles. The van der Waals surface area contributed by atoms with E-state index in [1.807, 2.05) is 25.2 Å². The fraction of sp³-hybridized carbons (Fsp3) is 0.278. The van der Waals surface area contributed by atoms with Crippen molar-refractivity contribution in [3.8, 4) is 11.8 Å². The molecule has 112 valence electrons. The molecule has 1 atom stereocenters. The second-order valence-corrected chi connectivity index (χ2v) is 5.51. The monoisotopic (exact) mass is 293 g/mol. The van der Waals surface area contributed by atoms with Gasteiger partial charge in [-0.05, 0) is 42.8 Å². The van der Waals surface area contributed by atoms with Crippen LogP contribution in [0.1, 0.15) is 23.5 Å². The van der Waals surface area contributed by atoms with Crippen LogP contribution in [0.15, 0.2) is 42.5 Å². The molecule has 0 saturated carbocycles. The Morgan fingerprint density at radius 1 is 1.27 bits per heavy atom. The number of rotatable bonds is 3. The summed E-state index contributed by atoms with van der Waals surface area (Å²) in [7, 11) is 1.99. The predicted molar refractivity (Wildman–Crippen MR) is 87.6 cm³/mol. The Kier molecular flexibility index (Phi) is 3.99. The van der Waals surface area contributed by atoms with Crippen molar-refractivity contribution in [2.45, 2.75) is 12.3 Å². The Hall–Kier alpha value is -2.51. The summed E-state index contributed by atoms with van der Waals surface area (Å²) in [4.78, 5) is 2.05. The first-order chi connectivity index (χ1) is 10.7. The summed E-state index contributed by atoms with van der Waals surface area (Å²) >= 11 is 0. The minimum absolute atomic E-state index is 0.380. The van der Waals surface area contributed by atoms with Crippen LogP contribution in [-0.2, 0) is 0 Å². The maximum Gasteiger partial charge on any atom is 0.124 e. The van der Waals surface area contributed by atoms with E-state index in [0.29, 0.717) is 24.6 Å². The molecular weight excluding hydrogens is 274 g/mol. The van der Waals surface area contributed by atoms with Gasteiger partial charge in [-0.2, -0.15) is 5.26 Å². The first kappa shape index (κ1) is 14.4. The molecule has 2 aromatic carbocycles. The molecule has 0 unspecified atom stereocenters. The molecule has 2 N–H and O–H groups in total. The molecule has 0 fully saturated rings. The summed E-state index contributed by atoms with van der Waals surface area (Å²) in [6.07, 6.45) is 0.975. The van der Waals surface area contributed by atoms with E-state index >= 15 is 0 Å². The van der Waals surface area contributed by atoms with Crippen LogP contribution in [0.4, 0.5) is 11.4 Å². The van der Waals surface area contributed by atoms with E-state index in [9.17, 15) is 0 Å². The number of nitrogens with zero attached hydrogens (tertiary/aromatic N) is 2. The highest BCUT2D eigenvalue weighted by molar-refractivity contribution is 5.66. The number of anilines is 2. The number of nitriles is 1. The topological polar surface area (TPSA) is 62.3 Å². The van der Waals surface area contributed by atoms with Gasteiger partial charge in [0.1, 0.15) is 5.75 Å². The number of benzene rings is 2. The molecule has 4 nitrogen and oxygen atoms in total. The van der Waals surface area contributed by atoms with E-state index in [1.165, 1.54) is 5.56 Å². The first-order valence-corrected chi connectivity index (χ1v) is 7.43. The van der Waals surface area contributed by atoms with Crippen molar-refractivity contribution < 1.29 is 4.74 Å². The highest BCUT2D eigenvalue weighted by Crippen LogP contribution is 2.37. The Labute approximate surface area is 130 Å². The van der Waals surface area contributed by atoms with Crippen LogP contribution in [0.5, 0.6) is 5.75 Å². The van der Waals surface area contributed by atoms with Crippen molar-refractivity contribution in [3.63, 3.8) is 0 Å². The standard InChI is InChI=1S/C18H19N3O/c1-21(15-4-2-3-13(9-15)11-19)16-5-6-17-14(12-20)7-8-22-18(17)10-16/h2-6,9-10,14H,7-8,12,20H2,1H3/t14-/m0/s1. The van der Waals surface area contributed by atoms with E-state index < -0.39 is 0 Å². The number of fused-ring (bicyclic) bond motifs is 1. The molecule has 0 radical (unpaired) electrons. The molecule has 2 aromatic rings. The summed E-state index contributed by atoms with van der Waals surface area (Å²) in [5.74, 6) is 1.30. The summed E-state index contributed by atoms with van der Waals surface area (Å²) in [6, 6.07) is 16.0. The molecule has 0 aromatic heterocycles. The summed E-state index contributed by atoms with van der Waals surface area (Å²) in [6.45, 7) is 1.36. The third kappa shape index (κ3) is 2.63. The van der Waals surface area contributed by atoms with Gasteiger partial charge in [0.2, 0.25) is 0 Å². The van der Waals surface area contributed by atoms with E-state index in [-0.39, 0.29) is 0 Å². The van der Waals surface area contributed by atoms with Crippen molar-refractivity contribution in [3.05, 3.63) is 53.6 Å². The second kappa shape index (κ2) is 6.08. The van der Waals surface area contributed by atoms with Crippen LogP contribution in [0.25, 0.3) is 0 Å². The number of hydrogen-bond acceptors (Lipinski definition) is 4. The van der Waals surface area contributed by atoms with Crippen LogP contribution in [0.3, 0.4) is 0 Å². The zero-order valence-corrected chi connectivity index (χ0v) is 12.6. The quantitative estimate of drug-likeness (QED) is 0.944. The van der Waals surface area contributed by atoms with Crippen LogP contribution in [0, 0.1) is 11.3 Å². The zero-order valence-electron chi connectivity index (χ0n) is 12.6. The highest BCUT2D eigenvalue weighted by Gasteiger charge is 2.21. The van der Waals surface area contributed by atoms with Crippen molar-refractivity contribution in [2.75, 3.05) is 25.1 Å². The molecule has 1 heterocycles. The smallest absolute Gasteiger partial charge is 0.124 e. The van der Waals surface area contributed by atoms with Gasteiger partial charge in [-0.1, -0.05) is 12.1 Å². The van der Waals surface area contributed by atoms with E-state index in [0.717, 1.165) is 23.5 Å². The van der Waals surface area contributed by atoms with E-state index in [1.54, 1.807) is 6.07 Å². The Morgan fingerprint density at radius 2 is 2.09 bits per heavy atom. The predicted octanol–water partition coefficient (Wildman–Crippen LogP) is 3.15. The maximum atomic E-state index is 9.03. The first-order valence-electron chi connectivity index (χ1n) is 7.43. The van der Waals surface area contributed by atoms with Gasteiger partial charge in [0.15, 0.2) is 0 Å². The van der Waals surface area contributed by atoms with Gasteiger partial charge in [0.25, 0.3) is 0 Å². The molecule has 0 bridgehead atoms. The van der Waals surface area contributed by atoms with Crippen molar-refractivity contribution in [1.82, 2.24) is 0 Å². The molecule has 0 saturated heterocycles. The molecule has 1 aliphatic rings. The van der Waals surface area contributed by atoms with Gasteiger partial charge in [0, 0.05) is 30.4 Å². The molecular formula is C18H19N3O. The average Bonchev–Trinajstić information content (AvgIpc) is 2.60. The molecule has 0 spiro atoms. The summed E-state index contributed by atoms with van der Waals surface area (Å²) in [5, 5.41) is 9.03. The highest BCUT2D eigenvalue weighted by atomic mass is 16.5. The Balaban J connectivity index is 1.93. The summed E-state index contributed by atoms with van der Waals surface area (Å²) in [5.41, 5.74) is 9.70. The van der Waals surface area contributed by atoms with Crippen molar-refractivity contribution in [1.29, 1.82) is 5.26 Å². The zero-order chi connectivity index (χ0) is 15.5. The lowest BCUT2D eigenvalue weighted by Crippen LogP contribution is -2.21. The lowest BCUT2D eigenvalue weighted by Gasteiger charge is -2.27. The minimum atomic E-state index is 0.380. The van der Waals surface area contributed by atoms with Crippen LogP contribution in [0.2, 0.25) is 0 Å². The number of nitrogens with two attached hydrogens (primary N) is 1. The SMILES string of the molecule is CN(c1cccc(C#N)c1)c1ccc2c(c1)OCC[C@H]2CN. The molecule has 4 heteroatoms. The molecule has 1 aliphatic heterocycles. The third-order valence-electron chi connectivity index (χ3n) is 4.20. The van der Waals surface area contributed by atoms with Gasteiger partial charge in [-0.3, -0.25) is 0 Å². The number of hydrogen-bond donors (Lipinski definition) is 1. The van der Waals surface area contributed by atoms with Crippen molar-refractivity contribution in [2.24, 2.45) is 5.73 Å². The van der Waals surface area contributed by atoms with Crippen LogP contribution >= 0.6 is 0 Å². The number of ether oxygens (including phenoxy) is 1. The van der Waals surface area contributed by atoms with Gasteiger partial charge in [-0.25, -0.2) is 0 Å². The molecule has 22 heavy (non-hydrogen) atoms. The van der Waals surface area contributed by atoms with Crippen LogP contribution in [-0.4, -0.2) is 20.2 Å². The van der Waals surface area contributed by atoms with Gasteiger partial charge in [0.05, 0.1) is 18.2 Å². The average molecular weight is 293 g/mol. The third-order valence-corrected chi connectivity index (χ3v) is 4.20. The lowest BCUT2D eigenvalue weighted by molar-refractivity contribution is 0.269. The molecule has 0 amide bonds.